The molecule has 0 fully saturated rings. The predicted octanol–water partition coefficient (Wildman–Crippen LogP) is 2.22. The predicted molar refractivity (Wildman–Crippen MR) is 78.5 cm³/mol. The third-order valence-electron chi connectivity index (χ3n) is 2.59. The standard InChI is InChI=1S/C14H17N3OS/c1-11-9-16-14(19-11)17-13(18)10-15-8-7-12-5-3-2-4-6-12/h2-6,9,15H,7-8,10H2,1H3,(H,16,17,18). The number of aryl methyl sites for hydroxylation is 1. The molecule has 0 atom stereocenters. The molecule has 4 nitrogen and oxygen atoms in total. The maximum Gasteiger partial charge on any atom is 0.240 e. The lowest BCUT2D eigenvalue weighted by molar-refractivity contribution is -0.115. The molecular formula is C14H17N3OS. The minimum Gasteiger partial charge on any atom is -0.308 e. The number of carbonyl (C=O) groups excluding carboxylic acids is 1. The Hall–Kier alpha value is -1.72. The molecule has 5 heteroatoms. The smallest absolute Gasteiger partial charge is 0.240 e. The Morgan fingerprint density at radius 2 is 2.11 bits per heavy atom. The van der Waals surface area contributed by atoms with Gasteiger partial charge in [-0.25, -0.2) is 4.98 Å². The number of amides is 1. The van der Waals surface area contributed by atoms with Crippen molar-refractivity contribution < 1.29 is 4.79 Å². The van der Waals surface area contributed by atoms with Crippen molar-refractivity contribution in [3.8, 4) is 0 Å². The van der Waals surface area contributed by atoms with Gasteiger partial charge in [-0.3, -0.25) is 4.79 Å². The van der Waals surface area contributed by atoms with Crippen molar-refractivity contribution in [1.82, 2.24) is 10.3 Å². The summed E-state index contributed by atoms with van der Waals surface area (Å²) in [5, 5.41) is 6.55. The second-order valence-corrected chi connectivity index (χ2v) is 5.47. The van der Waals surface area contributed by atoms with Crippen LogP contribution >= 0.6 is 11.3 Å². The molecule has 2 aromatic rings. The van der Waals surface area contributed by atoms with Gasteiger partial charge in [-0.1, -0.05) is 30.3 Å². The van der Waals surface area contributed by atoms with Crippen LogP contribution in [-0.4, -0.2) is 24.0 Å². The van der Waals surface area contributed by atoms with Crippen LogP contribution in [-0.2, 0) is 11.2 Å². The van der Waals surface area contributed by atoms with E-state index < -0.39 is 0 Å². The molecule has 0 bridgehead atoms. The highest BCUT2D eigenvalue weighted by Gasteiger charge is 2.04. The molecule has 0 aliphatic carbocycles. The molecular weight excluding hydrogens is 258 g/mol. The summed E-state index contributed by atoms with van der Waals surface area (Å²) in [7, 11) is 0. The van der Waals surface area contributed by atoms with Gasteiger partial charge in [-0.15, -0.1) is 11.3 Å². The van der Waals surface area contributed by atoms with E-state index in [1.54, 1.807) is 6.20 Å². The van der Waals surface area contributed by atoms with E-state index in [1.807, 2.05) is 25.1 Å². The number of rotatable bonds is 6. The molecule has 0 unspecified atom stereocenters. The van der Waals surface area contributed by atoms with E-state index in [9.17, 15) is 4.79 Å². The number of nitrogens with one attached hydrogen (secondary N) is 2. The minimum absolute atomic E-state index is 0.0533. The summed E-state index contributed by atoms with van der Waals surface area (Å²) in [6.45, 7) is 3.06. The van der Waals surface area contributed by atoms with E-state index in [4.69, 9.17) is 0 Å². The first-order chi connectivity index (χ1) is 9.24. The number of thiazole rings is 1. The van der Waals surface area contributed by atoms with Gasteiger partial charge in [0.1, 0.15) is 0 Å². The van der Waals surface area contributed by atoms with Crippen LogP contribution in [0.1, 0.15) is 10.4 Å². The third-order valence-corrected chi connectivity index (χ3v) is 3.41. The lowest BCUT2D eigenvalue weighted by atomic mass is 10.1. The van der Waals surface area contributed by atoms with Crippen LogP contribution in [0.4, 0.5) is 5.13 Å². The zero-order valence-corrected chi connectivity index (χ0v) is 11.7. The third kappa shape index (κ3) is 4.81. The number of anilines is 1. The first kappa shape index (κ1) is 13.7. The van der Waals surface area contributed by atoms with Gasteiger partial charge in [0, 0.05) is 11.1 Å². The van der Waals surface area contributed by atoms with Gasteiger partial charge in [0.15, 0.2) is 5.13 Å². The van der Waals surface area contributed by atoms with Crippen LogP contribution < -0.4 is 10.6 Å². The molecule has 2 N–H and O–H groups in total. The number of hydrogen-bond donors (Lipinski definition) is 2. The minimum atomic E-state index is -0.0533. The number of carbonyl (C=O) groups is 1. The maximum atomic E-state index is 11.6. The van der Waals surface area contributed by atoms with Crippen molar-refractivity contribution in [3.63, 3.8) is 0 Å². The van der Waals surface area contributed by atoms with E-state index >= 15 is 0 Å². The second-order valence-electron chi connectivity index (χ2n) is 4.24. The van der Waals surface area contributed by atoms with Crippen molar-refractivity contribution in [2.24, 2.45) is 0 Å². The molecule has 1 aromatic carbocycles. The topological polar surface area (TPSA) is 54.0 Å². The number of hydrogen-bond acceptors (Lipinski definition) is 4. The van der Waals surface area contributed by atoms with E-state index in [0.29, 0.717) is 11.7 Å². The quantitative estimate of drug-likeness (QED) is 0.795. The monoisotopic (exact) mass is 275 g/mol. The van der Waals surface area contributed by atoms with Gasteiger partial charge in [0.05, 0.1) is 6.54 Å². The molecule has 0 radical (unpaired) electrons. The molecule has 100 valence electrons. The van der Waals surface area contributed by atoms with Gasteiger partial charge in [-0.05, 0) is 25.5 Å². The summed E-state index contributed by atoms with van der Waals surface area (Å²) in [5.41, 5.74) is 1.27. The Morgan fingerprint density at radius 3 is 2.79 bits per heavy atom. The summed E-state index contributed by atoms with van der Waals surface area (Å²) < 4.78 is 0. The average Bonchev–Trinajstić information content (AvgIpc) is 2.81. The first-order valence-electron chi connectivity index (χ1n) is 6.21. The molecule has 0 aliphatic heterocycles. The molecule has 0 spiro atoms. The van der Waals surface area contributed by atoms with Crippen molar-refractivity contribution >= 4 is 22.4 Å². The summed E-state index contributed by atoms with van der Waals surface area (Å²) >= 11 is 1.48. The second kappa shape index (κ2) is 7.01. The molecule has 0 saturated carbocycles. The summed E-state index contributed by atoms with van der Waals surface area (Å²) in [6, 6.07) is 10.2. The Bertz CT molecular complexity index is 524. The molecule has 1 heterocycles. The normalized spacial score (nSPS) is 10.4. The fourth-order valence-electron chi connectivity index (χ4n) is 1.66. The first-order valence-corrected chi connectivity index (χ1v) is 7.02. The van der Waals surface area contributed by atoms with Crippen LogP contribution in [0.25, 0.3) is 0 Å². The molecule has 0 saturated heterocycles. The van der Waals surface area contributed by atoms with Gasteiger partial charge >= 0.3 is 0 Å². The van der Waals surface area contributed by atoms with E-state index in [1.165, 1.54) is 16.9 Å². The number of benzene rings is 1. The average molecular weight is 275 g/mol. The highest BCUT2D eigenvalue weighted by atomic mass is 32.1. The molecule has 2 rings (SSSR count). The van der Waals surface area contributed by atoms with Crippen LogP contribution in [0, 0.1) is 6.92 Å². The van der Waals surface area contributed by atoms with Crippen molar-refractivity contribution in [1.29, 1.82) is 0 Å². The zero-order chi connectivity index (χ0) is 13.5. The van der Waals surface area contributed by atoms with Crippen molar-refractivity contribution in [2.45, 2.75) is 13.3 Å². The van der Waals surface area contributed by atoms with Crippen LogP contribution in [0.5, 0.6) is 0 Å². The van der Waals surface area contributed by atoms with Crippen LogP contribution in [0.15, 0.2) is 36.5 Å². The van der Waals surface area contributed by atoms with Crippen molar-refractivity contribution in [2.75, 3.05) is 18.4 Å². The summed E-state index contributed by atoms with van der Waals surface area (Å²) in [4.78, 5) is 16.8. The largest absolute Gasteiger partial charge is 0.308 e. The molecule has 1 amide bonds. The molecule has 19 heavy (non-hydrogen) atoms. The summed E-state index contributed by atoms with van der Waals surface area (Å²) in [5.74, 6) is -0.0533. The lowest BCUT2D eigenvalue weighted by Crippen LogP contribution is -2.29. The number of nitrogens with zero attached hydrogens (tertiary/aromatic N) is 1. The molecule has 1 aromatic heterocycles. The fraction of sp³-hybridized carbons (Fsp3) is 0.286. The van der Waals surface area contributed by atoms with Crippen molar-refractivity contribution in [3.05, 3.63) is 47.0 Å². The fourth-order valence-corrected chi connectivity index (χ4v) is 2.34. The van der Waals surface area contributed by atoms with Gasteiger partial charge < -0.3 is 10.6 Å². The maximum absolute atomic E-state index is 11.6. The lowest BCUT2D eigenvalue weighted by Gasteiger charge is -2.04. The SMILES string of the molecule is Cc1cnc(NC(=O)CNCCc2ccccc2)s1. The van der Waals surface area contributed by atoms with E-state index in [-0.39, 0.29) is 5.91 Å². The highest BCUT2D eigenvalue weighted by Crippen LogP contribution is 2.15. The van der Waals surface area contributed by atoms with Crippen LogP contribution in [0.3, 0.4) is 0 Å². The summed E-state index contributed by atoms with van der Waals surface area (Å²) in [6.07, 6.45) is 2.67. The van der Waals surface area contributed by atoms with Crippen LogP contribution in [0.2, 0.25) is 0 Å². The Kier molecular flexibility index (Phi) is 5.06. The number of aromatic nitrogens is 1. The van der Waals surface area contributed by atoms with Gasteiger partial charge in [0.2, 0.25) is 5.91 Å². The van der Waals surface area contributed by atoms with Gasteiger partial charge in [-0.2, -0.15) is 0 Å². The van der Waals surface area contributed by atoms with Gasteiger partial charge in [0.25, 0.3) is 0 Å². The molecule has 0 aliphatic rings. The zero-order valence-electron chi connectivity index (χ0n) is 10.8. The Morgan fingerprint density at radius 1 is 1.32 bits per heavy atom. The Balaban J connectivity index is 1.64. The highest BCUT2D eigenvalue weighted by molar-refractivity contribution is 7.15. The van der Waals surface area contributed by atoms with E-state index in [2.05, 4.69) is 27.8 Å². The Labute approximate surface area is 116 Å². The van der Waals surface area contributed by atoms with E-state index in [0.717, 1.165) is 17.8 Å².